The highest BCUT2D eigenvalue weighted by Crippen LogP contribution is 2.27. The molecule has 0 aliphatic rings. The van der Waals surface area contributed by atoms with E-state index in [-0.39, 0.29) is 0 Å². The number of hydrogen-bond acceptors (Lipinski definition) is 0. The van der Waals surface area contributed by atoms with Crippen LogP contribution in [0.15, 0.2) is 0 Å². The third-order valence-electron chi connectivity index (χ3n) is 1.40. The summed E-state index contributed by atoms with van der Waals surface area (Å²) in [5.41, 5.74) is 0. The predicted molar refractivity (Wildman–Crippen MR) is 38.2 cm³/mol. The van der Waals surface area contributed by atoms with Crippen LogP contribution >= 0.6 is 15.9 Å². The Morgan fingerprint density at radius 3 is 2.00 bits per heavy atom. The fraction of sp³-hybridized carbons (Fsp3) is 1.00. The summed E-state index contributed by atoms with van der Waals surface area (Å²) in [6.07, 6.45) is 0.523. The lowest BCUT2D eigenvalue weighted by Crippen LogP contribution is -2.24. The smallest absolute Gasteiger partial charge is 0.207 e. The first-order valence-electron chi connectivity index (χ1n) is 2.96. The van der Waals surface area contributed by atoms with Gasteiger partial charge in [0.25, 0.3) is 0 Å². The molecule has 0 fully saturated rings. The summed E-state index contributed by atoms with van der Waals surface area (Å²) in [7, 11) is 0. The van der Waals surface area contributed by atoms with Gasteiger partial charge in [-0.1, -0.05) is 22.9 Å². The number of rotatable bonds is 3. The maximum absolute atomic E-state index is 12.4. The second-order valence-electron chi connectivity index (χ2n) is 2.22. The minimum Gasteiger partial charge on any atom is -0.207 e. The zero-order valence-electron chi connectivity index (χ0n) is 5.63. The molecule has 0 N–H and O–H groups in total. The van der Waals surface area contributed by atoms with Crippen LogP contribution in [0.5, 0.6) is 0 Å². The molecule has 0 amide bonds. The van der Waals surface area contributed by atoms with E-state index < -0.39 is 11.8 Å². The van der Waals surface area contributed by atoms with Crippen LogP contribution in [0.4, 0.5) is 8.78 Å². The maximum Gasteiger partial charge on any atom is 0.248 e. The quantitative estimate of drug-likeness (QED) is 0.615. The maximum atomic E-state index is 12.4. The van der Waals surface area contributed by atoms with Crippen molar-refractivity contribution >= 4 is 15.9 Å². The fourth-order valence-corrected chi connectivity index (χ4v) is 1.63. The first-order chi connectivity index (χ1) is 4.02. The Kier molecular flexibility index (Phi) is 3.63. The topological polar surface area (TPSA) is 0 Å². The Morgan fingerprint density at radius 2 is 2.00 bits per heavy atom. The van der Waals surface area contributed by atoms with Gasteiger partial charge in [-0.25, -0.2) is 8.78 Å². The lowest BCUT2D eigenvalue weighted by molar-refractivity contribution is -0.0310. The first kappa shape index (κ1) is 9.34. The monoisotopic (exact) mass is 200 g/mol. The van der Waals surface area contributed by atoms with E-state index in [9.17, 15) is 8.78 Å². The van der Waals surface area contributed by atoms with E-state index in [1.165, 1.54) is 0 Å². The molecule has 0 radical (unpaired) electrons. The van der Waals surface area contributed by atoms with Gasteiger partial charge in [0, 0.05) is 11.2 Å². The predicted octanol–water partition coefficient (Wildman–Crippen LogP) is 3.06. The summed E-state index contributed by atoms with van der Waals surface area (Å²) in [4.78, 5) is 0. The van der Waals surface area contributed by atoms with Gasteiger partial charge in [-0.05, 0) is 13.3 Å². The molecule has 0 bridgehead atoms. The molecule has 9 heavy (non-hydrogen) atoms. The van der Waals surface area contributed by atoms with Crippen molar-refractivity contribution in [3.8, 4) is 0 Å². The van der Waals surface area contributed by atoms with Crippen LogP contribution in [-0.4, -0.2) is 11.3 Å². The van der Waals surface area contributed by atoms with Crippen molar-refractivity contribution in [2.24, 2.45) is 5.92 Å². The Labute approximate surface area is 62.8 Å². The molecular weight excluding hydrogens is 190 g/mol. The zero-order chi connectivity index (χ0) is 7.49. The van der Waals surface area contributed by atoms with E-state index in [0.29, 0.717) is 11.8 Å². The van der Waals surface area contributed by atoms with Gasteiger partial charge in [-0.15, -0.1) is 0 Å². The zero-order valence-corrected chi connectivity index (χ0v) is 7.21. The molecule has 0 aliphatic heterocycles. The average molecular weight is 201 g/mol. The minimum atomic E-state index is -2.53. The van der Waals surface area contributed by atoms with Crippen molar-refractivity contribution in [1.29, 1.82) is 0 Å². The Morgan fingerprint density at radius 1 is 1.56 bits per heavy atom. The van der Waals surface area contributed by atoms with Crippen LogP contribution in [0.1, 0.15) is 20.3 Å². The molecular formula is C6H11BrF2. The summed E-state index contributed by atoms with van der Waals surface area (Å²) in [5, 5.41) is 0.382. The highest BCUT2D eigenvalue weighted by Gasteiger charge is 2.31. The average Bonchev–Trinajstić information content (AvgIpc) is 1.65. The number of halogens is 3. The molecule has 0 aliphatic carbocycles. The van der Waals surface area contributed by atoms with Gasteiger partial charge in [0.15, 0.2) is 0 Å². The third kappa shape index (κ3) is 3.14. The van der Waals surface area contributed by atoms with Crippen LogP contribution in [0.3, 0.4) is 0 Å². The van der Waals surface area contributed by atoms with Gasteiger partial charge < -0.3 is 0 Å². The second-order valence-corrected chi connectivity index (χ2v) is 2.86. The molecule has 0 nitrogen and oxygen atoms in total. The van der Waals surface area contributed by atoms with Gasteiger partial charge in [0.05, 0.1) is 0 Å². The molecule has 1 atom stereocenters. The Balaban J connectivity index is 3.79. The van der Waals surface area contributed by atoms with Crippen molar-refractivity contribution in [2.45, 2.75) is 26.2 Å². The molecule has 0 aromatic rings. The molecule has 0 saturated carbocycles. The van der Waals surface area contributed by atoms with Crippen molar-refractivity contribution in [1.82, 2.24) is 0 Å². The normalized spacial score (nSPS) is 15.7. The second kappa shape index (κ2) is 3.49. The molecule has 3 heteroatoms. The van der Waals surface area contributed by atoms with E-state index in [0.717, 1.165) is 6.92 Å². The lowest BCUT2D eigenvalue weighted by Gasteiger charge is -2.18. The SMILES string of the molecule is CCC(CBr)C(C)(F)F. The standard InChI is InChI=1S/C6H11BrF2/c1-3-5(4-7)6(2,8)9/h5H,3-4H2,1-2H3. The van der Waals surface area contributed by atoms with Gasteiger partial charge in [0.2, 0.25) is 5.92 Å². The van der Waals surface area contributed by atoms with Gasteiger partial charge in [0.1, 0.15) is 0 Å². The van der Waals surface area contributed by atoms with E-state index in [4.69, 9.17) is 0 Å². The minimum absolute atomic E-state index is 0.382. The van der Waals surface area contributed by atoms with Crippen LogP contribution in [0, 0.1) is 5.92 Å². The molecule has 0 rings (SSSR count). The van der Waals surface area contributed by atoms with Gasteiger partial charge in [-0.2, -0.15) is 0 Å². The molecule has 0 spiro atoms. The van der Waals surface area contributed by atoms with Crippen molar-refractivity contribution in [3.63, 3.8) is 0 Å². The third-order valence-corrected chi connectivity index (χ3v) is 2.18. The van der Waals surface area contributed by atoms with Crippen molar-refractivity contribution in [2.75, 3.05) is 5.33 Å². The van der Waals surface area contributed by atoms with Gasteiger partial charge in [-0.3, -0.25) is 0 Å². The van der Waals surface area contributed by atoms with E-state index in [2.05, 4.69) is 15.9 Å². The first-order valence-corrected chi connectivity index (χ1v) is 4.08. The molecule has 1 unspecified atom stereocenters. The summed E-state index contributed by atoms with van der Waals surface area (Å²) in [6.45, 7) is 2.73. The largest absolute Gasteiger partial charge is 0.248 e. The van der Waals surface area contributed by atoms with E-state index >= 15 is 0 Å². The molecule has 0 saturated heterocycles. The lowest BCUT2D eigenvalue weighted by atomic mass is 10.0. The summed E-state index contributed by atoms with van der Waals surface area (Å²) >= 11 is 3.03. The Hall–Kier alpha value is 0.340. The van der Waals surface area contributed by atoms with Crippen LogP contribution < -0.4 is 0 Å². The van der Waals surface area contributed by atoms with Gasteiger partial charge >= 0.3 is 0 Å². The van der Waals surface area contributed by atoms with E-state index in [1.807, 2.05) is 0 Å². The summed E-state index contributed by atoms with van der Waals surface area (Å²) in [6, 6.07) is 0. The number of alkyl halides is 3. The highest BCUT2D eigenvalue weighted by atomic mass is 79.9. The highest BCUT2D eigenvalue weighted by molar-refractivity contribution is 9.09. The summed E-state index contributed by atoms with van der Waals surface area (Å²) in [5.74, 6) is -3.05. The summed E-state index contributed by atoms with van der Waals surface area (Å²) < 4.78 is 24.7. The molecule has 0 aromatic heterocycles. The van der Waals surface area contributed by atoms with Crippen molar-refractivity contribution < 1.29 is 8.78 Å². The number of hydrogen-bond donors (Lipinski definition) is 0. The van der Waals surface area contributed by atoms with Crippen LogP contribution in [0.25, 0.3) is 0 Å². The van der Waals surface area contributed by atoms with E-state index in [1.54, 1.807) is 6.92 Å². The molecule has 0 aromatic carbocycles. The Bertz CT molecular complexity index is 73.6. The van der Waals surface area contributed by atoms with Crippen LogP contribution in [-0.2, 0) is 0 Å². The fourth-order valence-electron chi connectivity index (χ4n) is 0.603. The molecule has 0 heterocycles. The van der Waals surface area contributed by atoms with Crippen LogP contribution in [0.2, 0.25) is 0 Å². The molecule has 56 valence electrons. The van der Waals surface area contributed by atoms with Crippen molar-refractivity contribution in [3.05, 3.63) is 0 Å².